The molecule has 6 nitrogen and oxygen atoms in total. The maximum Gasteiger partial charge on any atom is 0.260 e. The van der Waals surface area contributed by atoms with Gasteiger partial charge in [0.2, 0.25) is 5.88 Å². The molecule has 0 saturated heterocycles. The molecule has 6 heteroatoms. The number of nitriles is 1. The average molecular weight is 306 g/mol. The zero-order valence-corrected chi connectivity index (χ0v) is 12.6. The molecule has 3 aromatic rings. The van der Waals surface area contributed by atoms with Crippen molar-refractivity contribution in [3.8, 4) is 11.9 Å². The predicted molar refractivity (Wildman–Crippen MR) is 85.2 cm³/mol. The summed E-state index contributed by atoms with van der Waals surface area (Å²) in [6, 6.07) is 9.13. The van der Waals surface area contributed by atoms with Crippen molar-refractivity contribution < 1.29 is 4.74 Å². The van der Waals surface area contributed by atoms with Gasteiger partial charge in [-0.05, 0) is 30.2 Å². The predicted octanol–water partition coefficient (Wildman–Crippen LogP) is 1.91. The summed E-state index contributed by atoms with van der Waals surface area (Å²) in [7, 11) is 1.45. The van der Waals surface area contributed by atoms with Gasteiger partial charge in [0.1, 0.15) is 11.6 Å². The number of hydrogen-bond donors (Lipinski definition) is 0. The third-order valence-corrected chi connectivity index (χ3v) is 3.60. The van der Waals surface area contributed by atoms with Gasteiger partial charge in [0.15, 0.2) is 0 Å². The minimum atomic E-state index is -0.168. The molecular weight excluding hydrogens is 292 g/mol. The number of methoxy groups -OCH3 is 1. The summed E-state index contributed by atoms with van der Waals surface area (Å²) in [5, 5.41) is 9.55. The third kappa shape index (κ3) is 2.90. The third-order valence-electron chi connectivity index (χ3n) is 3.60. The van der Waals surface area contributed by atoms with Gasteiger partial charge in [-0.3, -0.25) is 9.78 Å². The van der Waals surface area contributed by atoms with Crippen LogP contribution in [-0.4, -0.2) is 21.6 Å². The molecule has 0 saturated carbocycles. The number of hydrogen-bond acceptors (Lipinski definition) is 5. The van der Waals surface area contributed by atoms with E-state index in [2.05, 4.69) is 9.97 Å². The Morgan fingerprint density at radius 3 is 2.96 bits per heavy atom. The number of nitrogens with zero attached hydrogens (tertiary/aromatic N) is 4. The molecule has 0 bridgehead atoms. The van der Waals surface area contributed by atoms with E-state index in [-0.39, 0.29) is 17.0 Å². The van der Waals surface area contributed by atoms with E-state index >= 15 is 0 Å². The highest BCUT2D eigenvalue weighted by molar-refractivity contribution is 5.79. The summed E-state index contributed by atoms with van der Waals surface area (Å²) in [5.41, 5.74) is 1.66. The number of aromatic nitrogens is 3. The van der Waals surface area contributed by atoms with Crippen LogP contribution in [0.15, 0.2) is 47.7 Å². The van der Waals surface area contributed by atoms with Gasteiger partial charge >= 0.3 is 0 Å². The number of aryl methyl sites for hydroxylation is 2. The minimum Gasteiger partial charge on any atom is -0.480 e. The second-order valence-electron chi connectivity index (χ2n) is 5.02. The lowest BCUT2D eigenvalue weighted by Gasteiger charge is -2.08. The lowest BCUT2D eigenvalue weighted by molar-refractivity contribution is 0.398. The Morgan fingerprint density at radius 1 is 1.39 bits per heavy atom. The topological polar surface area (TPSA) is 80.8 Å². The first-order valence-electron chi connectivity index (χ1n) is 7.10. The molecule has 0 aromatic carbocycles. The zero-order chi connectivity index (χ0) is 16.2. The molecular formula is C17H14N4O2. The summed E-state index contributed by atoms with van der Waals surface area (Å²) < 4.78 is 6.69. The molecule has 0 aliphatic rings. The Labute approximate surface area is 132 Å². The fraction of sp³-hybridized carbons (Fsp3) is 0.176. The first-order valence-corrected chi connectivity index (χ1v) is 7.10. The minimum absolute atomic E-state index is 0.168. The van der Waals surface area contributed by atoms with E-state index in [1.165, 1.54) is 13.2 Å². The van der Waals surface area contributed by atoms with Gasteiger partial charge in [-0.2, -0.15) is 5.26 Å². The number of pyridine rings is 3. The second-order valence-corrected chi connectivity index (χ2v) is 5.02. The van der Waals surface area contributed by atoms with Crippen LogP contribution in [0, 0.1) is 11.3 Å². The highest BCUT2D eigenvalue weighted by atomic mass is 16.5. The molecule has 0 amide bonds. The van der Waals surface area contributed by atoms with E-state index in [9.17, 15) is 4.79 Å². The summed E-state index contributed by atoms with van der Waals surface area (Å²) in [6.45, 7) is 0.536. The van der Waals surface area contributed by atoms with E-state index in [4.69, 9.17) is 10.00 Å². The van der Waals surface area contributed by atoms with Crippen LogP contribution in [0.1, 0.15) is 11.1 Å². The first kappa shape index (κ1) is 14.7. The van der Waals surface area contributed by atoms with Crippen molar-refractivity contribution in [2.45, 2.75) is 13.0 Å². The molecule has 114 valence electrons. The molecule has 0 aliphatic carbocycles. The Hall–Kier alpha value is -3.20. The Morgan fingerprint density at radius 2 is 2.26 bits per heavy atom. The van der Waals surface area contributed by atoms with Gasteiger partial charge in [-0.15, -0.1) is 0 Å². The maximum absolute atomic E-state index is 12.6. The molecule has 0 spiro atoms. The van der Waals surface area contributed by atoms with Crippen LogP contribution in [-0.2, 0) is 13.0 Å². The second kappa shape index (κ2) is 6.28. The fourth-order valence-corrected chi connectivity index (χ4v) is 2.40. The van der Waals surface area contributed by atoms with Crippen molar-refractivity contribution in [3.05, 3.63) is 64.3 Å². The van der Waals surface area contributed by atoms with Gasteiger partial charge in [-0.1, -0.05) is 6.07 Å². The molecule has 3 heterocycles. The normalized spacial score (nSPS) is 10.4. The number of ether oxygens (including phenoxy) is 1. The summed E-state index contributed by atoms with van der Waals surface area (Å²) in [4.78, 5) is 20.9. The summed E-state index contributed by atoms with van der Waals surface area (Å²) in [6.07, 6.45) is 5.91. The number of rotatable bonds is 4. The van der Waals surface area contributed by atoms with E-state index in [1.54, 1.807) is 29.2 Å². The molecule has 0 atom stereocenters. The number of fused-ring (bicyclic) bond motifs is 1. The van der Waals surface area contributed by atoms with Crippen molar-refractivity contribution in [2.75, 3.05) is 7.11 Å². The van der Waals surface area contributed by atoms with Crippen molar-refractivity contribution in [3.63, 3.8) is 0 Å². The standard InChI is InChI=1S/C17H14N4O2/c1-23-16-13(10-18)9-14-15(20-16)5-8-21(17(14)22)7-4-12-3-2-6-19-11-12/h2-3,5-6,8-9,11H,4,7H2,1H3. The van der Waals surface area contributed by atoms with Crippen LogP contribution in [0.5, 0.6) is 5.88 Å². The monoisotopic (exact) mass is 306 g/mol. The highest BCUT2D eigenvalue weighted by Crippen LogP contribution is 2.19. The van der Waals surface area contributed by atoms with Gasteiger partial charge in [0.25, 0.3) is 5.56 Å². The Bertz CT molecular complexity index is 942. The van der Waals surface area contributed by atoms with E-state index < -0.39 is 0 Å². The zero-order valence-electron chi connectivity index (χ0n) is 12.6. The largest absolute Gasteiger partial charge is 0.480 e. The molecule has 0 unspecified atom stereocenters. The lowest BCUT2D eigenvalue weighted by atomic mass is 10.2. The van der Waals surface area contributed by atoms with Crippen LogP contribution in [0.4, 0.5) is 0 Å². The van der Waals surface area contributed by atoms with E-state index in [0.29, 0.717) is 23.9 Å². The SMILES string of the molecule is COc1nc2ccn(CCc3cccnc3)c(=O)c2cc1C#N. The van der Waals surface area contributed by atoms with Crippen molar-refractivity contribution in [1.82, 2.24) is 14.5 Å². The van der Waals surface area contributed by atoms with E-state index in [1.807, 2.05) is 18.2 Å². The van der Waals surface area contributed by atoms with Gasteiger partial charge < -0.3 is 9.30 Å². The van der Waals surface area contributed by atoms with Gasteiger partial charge in [0.05, 0.1) is 18.0 Å². The molecule has 0 N–H and O–H groups in total. The summed E-state index contributed by atoms with van der Waals surface area (Å²) in [5.74, 6) is 0.229. The molecule has 0 fully saturated rings. The van der Waals surface area contributed by atoms with Crippen LogP contribution in [0.2, 0.25) is 0 Å². The molecule has 3 rings (SSSR count). The van der Waals surface area contributed by atoms with Crippen molar-refractivity contribution in [2.24, 2.45) is 0 Å². The smallest absolute Gasteiger partial charge is 0.260 e. The van der Waals surface area contributed by atoms with Crippen LogP contribution in [0.25, 0.3) is 10.9 Å². The first-order chi connectivity index (χ1) is 11.2. The quantitative estimate of drug-likeness (QED) is 0.735. The molecule has 3 aromatic heterocycles. The maximum atomic E-state index is 12.6. The Balaban J connectivity index is 1.98. The molecule has 0 aliphatic heterocycles. The van der Waals surface area contributed by atoms with Crippen molar-refractivity contribution >= 4 is 10.9 Å². The van der Waals surface area contributed by atoms with E-state index in [0.717, 1.165) is 5.56 Å². The van der Waals surface area contributed by atoms with Gasteiger partial charge in [0, 0.05) is 25.1 Å². The van der Waals surface area contributed by atoms with Crippen LogP contribution in [0.3, 0.4) is 0 Å². The van der Waals surface area contributed by atoms with Crippen LogP contribution >= 0.6 is 0 Å². The lowest BCUT2D eigenvalue weighted by Crippen LogP contribution is -2.21. The Kier molecular flexibility index (Phi) is 4.02. The highest BCUT2D eigenvalue weighted by Gasteiger charge is 2.10. The van der Waals surface area contributed by atoms with Crippen LogP contribution < -0.4 is 10.3 Å². The fourth-order valence-electron chi connectivity index (χ4n) is 2.40. The summed E-state index contributed by atoms with van der Waals surface area (Å²) >= 11 is 0. The molecule has 23 heavy (non-hydrogen) atoms. The van der Waals surface area contributed by atoms with Crippen molar-refractivity contribution in [1.29, 1.82) is 5.26 Å². The molecule has 0 radical (unpaired) electrons. The average Bonchev–Trinajstić information content (AvgIpc) is 2.61. The van der Waals surface area contributed by atoms with Gasteiger partial charge in [-0.25, -0.2) is 4.98 Å².